The maximum Gasteiger partial charge on any atom is 0.161 e. The highest BCUT2D eigenvalue weighted by molar-refractivity contribution is 5.39. The standard InChI is InChI=1S/C17H29NO2/c1-4-5-6-7-10-15(2)18-13-14-20-17-12-9-8-11-16(17)19-3/h8-9,11-12,15,18H,4-7,10,13-14H2,1-3H3. The monoisotopic (exact) mass is 279 g/mol. The highest BCUT2D eigenvalue weighted by Crippen LogP contribution is 2.25. The Hall–Kier alpha value is -1.22. The van der Waals surface area contributed by atoms with Crippen molar-refractivity contribution in [2.24, 2.45) is 0 Å². The zero-order valence-corrected chi connectivity index (χ0v) is 13.2. The van der Waals surface area contributed by atoms with Crippen LogP contribution < -0.4 is 14.8 Å². The van der Waals surface area contributed by atoms with E-state index in [1.165, 1.54) is 32.1 Å². The summed E-state index contributed by atoms with van der Waals surface area (Å²) in [5.41, 5.74) is 0. The van der Waals surface area contributed by atoms with Crippen LogP contribution in [-0.4, -0.2) is 26.3 Å². The predicted molar refractivity (Wildman–Crippen MR) is 84.7 cm³/mol. The molecule has 1 atom stereocenters. The molecule has 0 aromatic heterocycles. The van der Waals surface area contributed by atoms with Crippen molar-refractivity contribution in [1.29, 1.82) is 0 Å². The van der Waals surface area contributed by atoms with Gasteiger partial charge in [-0.15, -0.1) is 0 Å². The molecule has 0 spiro atoms. The number of hydrogen-bond donors (Lipinski definition) is 1. The van der Waals surface area contributed by atoms with Crippen LogP contribution in [0.3, 0.4) is 0 Å². The molecule has 114 valence electrons. The molecule has 0 fully saturated rings. The normalized spacial score (nSPS) is 12.2. The van der Waals surface area contributed by atoms with E-state index < -0.39 is 0 Å². The van der Waals surface area contributed by atoms with E-state index in [0.29, 0.717) is 12.6 Å². The summed E-state index contributed by atoms with van der Waals surface area (Å²) >= 11 is 0. The van der Waals surface area contributed by atoms with Crippen molar-refractivity contribution in [2.75, 3.05) is 20.3 Å². The highest BCUT2D eigenvalue weighted by atomic mass is 16.5. The molecule has 0 saturated heterocycles. The molecule has 3 nitrogen and oxygen atoms in total. The molecular formula is C17H29NO2. The molecule has 0 aliphatic carbocycles. The molecule has 1 aromatic carbocycles. The molecular weight excluding hydrogens is 250 g/mol. The zero-order valence-electron chi connectivity index (χ0n) is 13.2. The van der Waals surface area contributed by atoms with Crippen molar-refractivity contribution >= 4 is 0 Å². The van der Waals surface area contributed by atoms with Gasteiger partial charge < -0.3 is 14.8 Å². The fraction of sp³-hybridized carbons (Fsp3) is 0.647. The first kappa shape index (κ1) is 16.8. The van der Waals surface area contributed by atoms with Gasteiger partial charge in [-0.25, -0.2) is 0 Å². The lowest BCUT2D eigenvalue weighted by atomic mass is 10.1. The van der Waals surface area contributed by atoms with E-state index in [4.69, 9.17) is 9.47 Å². The van der Waals surface area contributed by atoms with E-state index >= 15 is 0 Å². The van der Waals surface area contributed by atoms with E-state index in [1.807, 2.05) is 24.3 Å². The van der Waals surface area contributed by atoms with Crippen LogP contribution in [0.25, 0.3) is 0 Å². The highest BCUT2D eigenvalue weighted by Gasteiger charge is 2.03. The molecule has 0 aliphatic heterocycles. The minimum absolute atomic E-state index is 0.563. The van der Waals surface area contributed by atoms with Crippen LogP contribution in [0.5, 0.6) is 11.5 Å². The topological polar surface area (TPSA) is 30.5 Å². The quantitative estimate of drug-likeness (QED) is 0.621. The molecule has 3 heteroatoms. The molecule has 0 radical (unpaired) electrons. The average molecular weight is 279 g/mol. The summed E-state index contributed by atoms with van der Waals surface area (Å²) in [6.45, 7) is 6.03. The number of unbranched alkanes of at least 4 members (excludes halogenated alkanes) is 3. The Morgan fingerprint density at radius 2 is 1.85 bits per heavy atom. The Morgan fingerprint density at radius 3 is 2.55 bits per heavy atom. The van der Waals surface area contributed by atoms with Crippen molar-refractivity contribution in [3.63, 3.8) is 0 Å². The number of ether oxygens (including phenoxy) is 2. The third kappa shape index (κ3) is 6.80. The summed E-state index contributed by atoms with van der Waals surface area (Å²) in [6, 6.07) is 8.32. The van der Waals surface area contributed by atoms with Crippen LogP contribution in [0.15, 0.2) is 24.3 Å². The SMILES string of the molecule is CCCCCCC(C)NCCOc1ccccc1OC. The first-order valence-electron chi connectivity index (χ1n) is 7.77. The lowest BCUT2D eigenvalue weighted by Gasteiger charge is -2.15. The molecule has 1 unspecified atom stereocenters. The molecule has 1 aromatic rings. The Balaban J connectivity index is 2.12. The number of hydrogen-bond acceptors (Lipinski definition) is 3. The number of rotatable bonds is 11. The molecule has 0 amide bonds. The maximum atomic E-state index is 5.73. The van der Waals surface area contributed by atoms with Crippen LogP contribution in [0.2, 0.25) is 0 Å². The van der Waals surface area contributed by atoms with Crippen molar-refractivity contribution in [3.05, 3.63) is 24.3 Å². The first-order chi connectivity index (χ1) is 9.77. The van der Waals surface area contributed by atoms with Crippen molar-refractivity contribution in [2.45, 2.75) is 52.0 Å². The molecule has 1 rings (SSSR count). The van der Waals surface area contributed by atoms with Gasteiger partial charge in [0.1, 0.15) is 6.61 Å². The van der Waals surface area contributed by atoms with Crippen LogP contribution in [0, 0.1) is 0 Å². The van der Waals surface area contributed by atoms with Gasteiger partial charge in [0.2, 0.25) is 0 Å². The second-order valence-corrected chi connectivity index (χ2v) is 5.20. The van der Waals surface area contributed by atoms with Crippen LogP contribution in [0.1, 0.15) is 46.0 Å². The lowest BCUT2D eigenvalue weighted by Crippen LogP contribution is -2.30. The van der Waals surface area contributed by atoms with E-state index in [0.717, 1.165) is 18.0 Å². The van der Waals surface area contributed by atoms with Gasteiger partial charge in [0, 0.05) is 12.6 Å². The summed E-state index contributed by atoms with van der Waals surface area (Å²) in [5, 5.41) is 3.50. The Morgan fingerprint density at radius 1 is 1.10 bits per heavy atom. The second kappa shape index (κ2) is 10.6. The van der Waals surface area contributed by atoms with Gasteiger partial charge in [0.25, 0.3) is 0 Å². The van der Waals surface area contributed by atoms with Crippen LogP contribution in [-0.2, 0) is 0 Å². The minimum Gasteiger partial charge on any atom is -0.493 e. The molecule has 1 N–H and O–H groups in total. The molecule has 0 heterocycles. The lowest BCUT2D eigenvalue weighted by molar-refractivity contribution is 0.285. The molecule has 0 aliphatic rings. The summed E-state index contributed by atoms with van der Waals surface area (Å²) in [4.78, 5) is 0. The zero-order chi connectivity index (χ0) is 14.6. The number of nitrogens with one attached hydrogen (secondary N) is 1. The average Bonchev–Trinajstić information content (AvgIpc) is 2.48. The maximum absolute atomic E-state index is 5.73. The van der Waals surface area contributed by atoms with Gasteiger partial charge >= 0.3 is 0 Å². The van der Waals surface area contributed by atoms with Gasteiger partial charge in [-0.05, 0) is 25.5 Å². The Kier molecular flexibility index (Phi) is 8.88. The van der Waals surface area contributed by atoms with Crippen molar-refractivity contribution in [1.82, 2.24) is 5.32 Å². The minimum atomic E-state index is 0.563. The van der Waals surface area contributed by atoms with Crippen molar-refractivity contribution < 1.29 is 9.47 Å². The summed E-state index contributed by atoms with van der Waals surface area (Å²) in [7, 11) is 1.67. The number of para-hydroxylation sites is 2. The third-order valence-electron chi connectivity index (χ3n) is 3.41. The Bertz CT molecular complexity index is 355. The van der Waals surface area contributed by atoms with Crippen molar-refractivity contribution in [3.8, 4) is 11.5 Å². The van der Waals surface area contributed by atoms with Gasteiger partial charge in [-0.1, -0.05) is 44.7 Å². The van der Waals surface area contributed by atoms with E-state index in [-0.39, 0.29) is 0 Å². The van der Waals surface area contributed by atoms with Gasteiger partial charge in [-0.2, -0.15) is 0 Å². The summed E-state index contributed by atoms with van der Waals surface area (Å²) < 4.78 is 11.0. The fourth-order valence-electron chi connectivity index (χ4n) is 2.18. The Labute approximate surface area is 123 Å². The van der Waals surface area contributed by atoms with Gasteiger partial charge in [-0.3, -0.25) is 0 Å². The summed E-state index contributed by atoms with van der Waals surface area (Å²) in [5.74, 6) is 1.60. The third-order valence-corrected chi connectivity index (χ3v) is 3.41. The largest absolute Gasteiger partial charge is 0.493 e. The molecule has 0 saturated carbocycles. The number of benzene rings is 1. The van der Waals surface area contributed by atoms with Crippen LogP contribution in [0.4, 0.5) is 0 Å². The fourth-order valence-corrected chi connectivity index (χ4v) is 2.18. The van der Waals surface area contributed by atoms with E-state index in [1.54, 1.807) is 7.11 Å². The number of methoxy groups -OCH3 is 1. The van der Waals surface area contributed by atoms with Gasteiger partial charge in [0.15, 0.2) is 11.5 Å². The predicted octanol–water partition coefficient (Wildman–Crippen LogP) is 4.02. The second-order valence-electron chi connectivity index (χ2n) is 5.20. The first-order valence-corrected chi connectivity index (χ1v) is 7.77. The van der Waals surface area contributed by atoms with E-state index in [2.05, 4.69) is 19.2 Å². The van der Waals surface area contributed by atoms with Gasteiger partial charge in [0.05, 0.1) is 7.11 Å². The summed E-state index contributed by atoms with van der Waals surface area (Å²) in [6.07, 6.45) is 6.56. The van der Waals surface area contributed by atoms with Crippen LogP contribution >= 0.6 is 0 Å². The molecule has 0 bridgehead atoms. The smallest absolute Gasteiger partial charge is 0.161 e. The van der Waals surface area contributed by atoms with E-state index in [9.17, 15) is 0 Å². The molecule has 20 heavy (non-hydrogen) atoms.